The van der Waals surface area contributed by atoms with Crippen LogP contribution < -0.4 is 5.43 Å². The molecule has 0 saturated heterocycles. The van der Waals surface area contributed by atoms with Gasteiger partial charge in [0.15, 0.2) is 0 Å². The molecule has 0 aliphatic heterocycles. The van der Waals surface area contributed by atoms with Crippen molar-refractivity contribution >= 4 is 0 Å². The van der Waals surface area contributed by atoms with E-state index in [4.69, 9.17) is 0 Å². The Labute approximate surface area is 57.5 Å². The van der Waals surface area contributed by atoms with Crippen LogP contribution >= 0.6 is 0 Å². The van der Waals surface area contributed by atoms with E-state index in [-0.39, 0.29) is 0 Å². The molecule has 0 unspecified atom stereocenters. The van der Waals surface area contributed by atoms with E-state index in [0.717, 1.165) is 6.42 Å². The molecule has 1 N–H and O–H groups in total. The van der Waals surface area contributed by atoms with Gasteiger partial charge in [-0.1, -0.05) is 19.4 Å². The van der Waals surface area contributed by atoms with E-state index < -0.39 is 0 Å². The highest BCUT2D eigenvalue weighted by molar-refractivity contribution is 4.76. The zero-order valence-corrected chi connectivity index (χ0v) is 6.52. The Morgan fingerprint density at radius 3 is 2.56 bits per heavy atom. The molecule has 0 bridgehead atoms. The van der Waals surface area contributed by atoms with Crippen molar-refractivity contribution in [1.29, 1.82) is 0 Å². The Bertz CT molecular complexity index is 77.0. The molecule has 0 rings (SSSR count). The first kappa shape index (κ1) is 8.50. The van der Waals surface area contributed by atoms with Crippen LogP contribution in [0.15, 0.2) is 12.3 Å². The molecule has 0 heterocycles. The van der Waals surface area contributed by atoms with Gasteiger partial charge in [0, 0.05) is 20.3 Å². The SMILES string of the molecule is CCCC=CNN(C)C. The van der Waals surface area contributed by atoms with Crippen LogP contribution in [0, 0.1) is 0 Å². The Morgan fingerprint density at radius 2 is 2.11 bits per heavy atom. The molecule has 54 valence electrons. The molecule has 0 aromatic carbocycles. The van der Waals surface area contributed by atoms with Crippen LogP contribution in [0.4, 0.5) is 0 Å². The summed E-state index contributed by atoms with van der Waals surface area (Å²) in [6.07, 6.45) is 6.45. The minimum Gasteiger partial charge on any atom is -0.327 e. The highest BCUT2D eigenvalue weighted by atomic mass is 15.5. The van der Waals surface area contributed by atoms with Crippen LogP contribution in [0.5, 0.6) is 0 Å². The number of hydrogen-bond acceptors (Lipinski definition) is 2. The van der Waals surface area contributed by atoms with Gasteiger partial charge in [-0.05, 0) is 6.42 Å². The summed E-state index contributed by atoms with van der Waals surface area (Å²) in [4.78, 5) is 0. The monoisotopic (exact) mass is 128 g/mol. The van der Waals surface area contributed by atoms with Crippen molar-refractivity contribution in [1.82, 2.24) is 10.4 Å². The Morgan fingerprint density at radius 1 is 1.44 bits per heavy atom. The predicted molar refractivity (Wildman–Crippen MR) is 40.9 cm³/mol. The quantitative estimate of drug-likeness (QED) is 0.575. The second kappa shape index (κ2) is 5.63. The number of hydrazine groups is 1. The molecular formula is C7H16N2. The van der Waals surface area contributed by atoms with Crippen LogP contribution in [0.3, 0.4) is 0 Å². The van der Waals surface area contributed by atoms with Gasteiger partial charge in [-0.3, -0.25) is 0 Å². The lowest BCUT2D eigenvalue weighted by molar-refractivity contribution is 0.342. The lowest BCUT2D eigenvalue weighted by Crippen LogP contribution is -2.24. The fraction of sp³-hybridized carbons (Fsp3) is 0.714. The summed E-state index contributed by atoms with van der Waals surface area (Å²) in [5.41, 5.74) is 3.03. The second-order valence-electron chi connectivity index (χ2n) is 2.21. The first-order valence-corrected chi connectivity index (χ1v) is 3.36. The number of nitrogens with one attached hydrogen (secondary N) is 1. The number of hydrogen-bond donors (Lipinski definition) is 1. The first-order valence-electron chi connectivity index (χ1n) is 3.36. The molecule has 0 amide bonds. The van der Waals surface area contributed by atoms with Gasteiger partial charge in [0.25, 0.3) is 0 Å². The van der Waals surface area contributed by atoms with E-state index >= 15 is 0 Å². The summed E-state index contributed by atoms with van der Waals surface area (Å²) in [7, 11) is 3.94. The molecule has 0 aromatic rings. The fourth-order valence-electron chi connectivity index (χ4n) is 0.452. The standard InChI is InChI=1S/C7H16N2/c1-4-5-6-7-8-9(2)3/h6-8H,4-5H2,1-3H3. The van der Waals surface area contributed by atoms with Crippen LogP contribution in [0.1, 0.15) is 19.8 Å². The van der Waals surface area contributed by atoms with Gasteiger partial charge in [0.2, 0.25) is 0 Å². The molecule has 2 heteroatoms. The van der Waals surface area contributed by atoms with E-state index in [1.807, 2.05) is 25.3 Å². The van der Waals surface area contributed by atoms with Gasteiger partial charge in [-0.15, -0.1) is 0 Å². The van der Waals surface area contributed by atoms with Crippen LogP contribution in [-0.4, -0.2) is 19.1 Å². The third-order valence-electron chi connectivity index (χ3n) is 0.906. The third kappa shape index (κ3) is 7.50. The molecule has 2 nitrogen and oxygen atoms in total. The normalized spacial score (nSPS) is 11.1. The van der Waals surface area contributed by atoms with Gasteiger partial charge >= 0.3 is 0 Å². The van der Waals surface area contributed by atoms with Crippen molar-refractivity contribution in [2.24, 2.45) is 0 Å². The maximum atomic E-state index is 3.03. The summed E-state index contributed by atoms with van der Waals surface area (Å²) in [5.74, 6) is 0. The van der Waals surface area contributed by atoms with E-state index in [1.165, 1.54) is 6.42 Å². The Kier molecular flexibility index (Phi) is 5.32. The fourth-order valence-corrected chi connectivity index (χ4v) is 0.452. The van der Waals surface area contributed by atoms with Crippen molar-refractivity contribution in [2.75, 3.05) is 14.1 Å². The summed E-state index contributed by atoms with van der Waals surface area (Å²) in [6.45, 7) is 2.17. The van der Waals surface area contributed by atoms with Crippen molar-refractivity contribution in [3.8, 4) is 0 Å². The van der Waals surface area contributed by atoms with Gasteiger partial charge in [-0.25, -0.2) is 5.01 Å². The summed E-state index contributed by atoms with van der Waals surface area (Å²) >= 11 is 0. The van der Waals surface area contributed by atoms with Crippen LogP contribution in [0.25, 0.3) is 0 Å². The van der Waals surface area contributed by atoms with E-state index in [9.17, 15) is 0 Å². The Hall–Kier alpha value is -0.500. The van der Waals surface area contributed by atoms with Crippen molar-refractivity contribution in [3.63, 3.8) is 0 Å². The molecule has 0 atom stereocenters. The highest BCUT2D eigenvalue weighted by Crippen LogP contribution is 1.85. The lowest BCUT2D eigenvalue weighted by Gasteiger charge is -2.07. The topological polar surface area (TPSA) is 15.3 Å². The molecule has 0 aliphatic rings. The molecule has 0 fully saturated rings. The summed E-state index contributed by atoms with van der Waals surface area (Å²) in [5, 5.41) is 1.91. The number of rotatable bonds is 4. The largest absolute Gasteiger partial charge is 0.327 e. The molecule has 9 heavy (non-hydrogen) atoms. The van der Waals surface area contributed by atoms with Crippen LogP contribution in [0.2, 0.25) is 0 Å². The predicted octanol–water partition coefficient (Wildman–Crippen LogP) is 1.37. The molecule has 0 radical (unpaired) electrons. The van der Waals surface area contributed by atoms with Crippen molar-refractivity contribution < 1.29 is 0 Å². The number of nitrogens with zero attached hydrogens (tertiary/aromatic N) is 1. The summed E-state index contributed by atoms with van der Waals surface area (Å²) in [6, 6.07) is 0. The lowest BCUT2D eigenvalue weighted by atomic mass is 10.3. The molecule has 0 aliphatic carbocycles. The zero-order chi connectivity index (χ0) is 7.11. The third-order valence-corrected chi connectivity index (χ3v) is 0.906. The minimum atomic E-state index is 1.15. The number of unbranched alkanes of at least 4 members (excludes halogenated alkanes) is 1. The molecule has 0 saturated carbocycles. The van der Waals surface area contributed by atoms with E-state index in [1.54, 1.807) is 0 Å². The van der Waals surface area contributed by atoms with Crippen molar-refractivity contribution in [3.05, 3.63) is 12.3 Å². The van der Waals surface area contributed by atoms with Gasteiger partial charge in [0.1, 0.15) is 0 Å². The Balaban J connectivity index is 3.04. The average Bonchev–Trinajstić information content (AvgIpc) is 1.80. The van der Waals surface area contributed by atoms with Crippen molar-refractivity contribution in [2.45, 2.75) is 19.8 Å². The van der Waals surface area contributed by atoms with Gasteiger partial charge in [-0.2, -0.15) is 0 Å². The van der Waals surface area contributed by atoms with E-state index in [2.05, 4.69) is 18.4 Å². The minimum absolute atomic E-state index is 1.15. The second-order valence-corrected chi connectivity index (χ2v) is 2.21. The summed E-state index contributed by atoms with van der Waals surface area (Å²) < 4.78 is 0. The maximum Gasteiger partial charge on any atom is 0.00874 e. The first-order chi connectivity index (χ1) is 4.27. The van der Waals surface area contributed by atoms with E-state index in [0.29, 0.717) is 0 Å². The zero-order valence-electron chi connectivity index (χ0n) is 6.52. The number of allylic oxidation sites excluding steroid dienone is 1. The molecule has 0 aromatic heterocycles. The van der Waals surface area contributed by atoms with Gasteiger partial charge < -0.3 is 5.43 Å². The smallest absolute Gasteiger partial charge is 0.00874 e. The maximum absolute atomic E-state index is 3.03. The molecular weight excluding hydrogens is 112 g/mol. The van der Waals surface area contributed by atoms with Gasteiger partial charge in [0.05, 0.1) is 0 Å². The van der Waals surface area contributed by atoms with Crippen LogP contribution in [-0.2, 0) is 0 Å². The molecule has 0 spiro atoms. The highest BCUT2D eigenvalue weighted by Gasteiger charge is 1.76. The average molecular weight is 128 g/mol.